The van der Waals surface area contributed by atoms with Crippen molar-refractivity contribution in [3.63, 3.8) is 0 Å². The van der Waals surface area contributed by atoms with Gasteiger partial charge in [0.05, 0.1) is 24.1 Å². The standard InChI is InChI=1S/C30H34F2N4O3/c1-3-19-5-4-6-20(11-19)17-34-18-27(37)26(14-21-12-23(31)15-24(32)13-21)35-30(39)25-16-28(38)36(2)29(25)22-7-9-33-10-8-22/h4-13,15,25-27,29,34,37H,3,14,16-18H2,1-2H3,(H,35,39)/t25-,26-,27-,29-/m1/s1. The van der Waals surface area contributed by atoms with Crippen LogP contribution in [-0.4, -0.2) is 52.5 Å². The second-order valence-corrected chi connectivity index (χ2v) is 10.0. The van der Waals surface area contributed by atoms with Gasteiger partial charge in [0, 0.05) is 45.0 Å². The summed E-state index contributed by atoms with van der Waals surface area (Å²) in [4.78, 5) is 31.7. The third kappa shape index (κ3) is 7.25. The van der Waals surface area contributed by atoms with Gasteiger partial charge in [0.25, 0.3) is 0 Å². The molecule has 3 aromatic rings. The Morgan fingerprint density at radius 1 is 1.08 bits per heavy atom. The number of nitrogens with zero attached hydrogens (tertiary/aromatic N) is 2. The van der Waals surface area contributed by atoms with E-state index >= 15 is 0 Å². The maximum atomic E-state index is 13.9. The van der Waals surface area contributed by atoms with E-state index in [1.165, 1.54) is 17.7 Å². The first-order valence-electron chi connectivity index (χ1n) is 13.1. The average molecular weight is 537 g/mol. The Kier molecular flexibility index (Phi) is 9.37. The van der Waals surface area contributed by atoms with E-state index in [-0.39, 0.29) is 25.3 Å². The Morgan fingerprint density at radius 3 is 2.46 bits per heavy atom. The highest BCUT2D eigenvalue weighted by atomic mass is 19.1. The minimum atomic E-state index is -1.07. The summed E-state index contributed by atoms with van der Waals surface area (Å²) >= 11 is 0. The fourth-order valence-corrected chi connectivity index (χ4v) is 5.14. The molecule has 1 aliphatic rings. The summed E-state index contributed by atoms with van der Waals surface area (Å²) in [6, 6.07) is 13.4. The quantitative estimate of drug-likeness (QED) is 0.350. The van der Waals surface area contributed by atoms with Gasteiger partial charge >= 0.3 is 0 Å². The maximum Gasteiger partial charge on any atom is 0.226 e. The van der Waals surface area contributed by atoms with Crippen molar-refractivity contribution in [2.45, 2.75) is 50.9 Å². The van der Waals surface area contributed by atoms with Gasteiger partial charge in [-0.2, -0.15) is 0 Å². The van der Waals surface area contributed by atoms with Crippen LogP contribution in [0, 0.1) is 17.6 Å². The summed E-state index contributed by atoms with van der Waals surface area (Å²) in [7, 11) is 1.65. The lowest BCUT2D eigenvalue weighted by molar-refractivity contribution is -0.129. The van der Waals surface area contributed by atoms with Crippen molar-refractivity contribution in [3.8, 4) is 0 Å². The lowest BCUT2D eigenvalue weighted by Gasteiger charge is -2.29. The van der Waals surface area contributed by atoms with Gasteiger partial charge in [-0.15, -0.1) is 0 Å². The van der Waals surface area contributed by atoms with Crippen molar-refractivity contribution in [1.29, 1.82) is 0 Å². The van der Waals surface area contributed by atoms with Gasteiger partial charge in [0.15, 0.2) is 0 Å². The van der Waals surface area contributed by atoms with E-state index in [4.69, 9.17) is 0 Å². The third-order valence-corrected chi connectivity index (χ3v) is 7.22. The van der Waals surface area contributed by atoms with Crippen LogP contribution in [0.1, 0.15) is 41.6 Å². The number of aliphatic hydroxyl groups is 1. The predicted molar refractivity (Wildman–Crippen MR) is 143 cm³/mol. The Morgan fingerprint density at radius 2 is 1.77 bits per heavy atom. The van der Waals surface area contributed by atoms with Crippen molar-refractivity contribution >= 4 is 11.8 Å². The minimum Gasteiger partial charge on any atom is -0.390 e. The number of benzene rings is 2. The summed E-state index contributed by atoms with van der Waals surface area (Å²) in [6.45, 7) is 2.72. The number of carbonyl (C=O) groups is 2. The van der Waals surface area contributed by atoms with E-state index in [0.717, 1.165) is 23.6 Å². The fourth-order valence-electron chi connectivity index (χ4n) is 5.14. The molecular weight excluding hydrogens is 502 g/mol. The summed E-state index contributed by atoms with van der Waals surface area (Å²) in [5.41, 5.74) is 3.34. The van der Waals surface area contributed by atoms with Crippen molar-refractivity contribution in [2.75, 3.05) is 13.6 Å². The van der Waals surface area contributed by atoms with Crippen molar-refractivity contribution in [1.82, 2.24) is 20.5 Å². The molecule has 1 aromatic heterocycles. The van der Waals surface area contributed by atoms with Crippen LogP contribution in [0.4, 0.5) is 8.78 Å². The topological polar surface area (TPSA) is 94.6 Å². The number of carbonyl (C=O) groups excluding carboxylic acids is 2. The lowest BCUT2D eigenvalue weighted by atomic mass is 9.92. The number of aryl methyl sites for hydroxylation is 1. The zero-order valence-electron chi connectivity index (χ0n) is 22.1. The predicted octanol–water partition coefficient (Wildman–Crippen LogP) is 3.32. The van der Waals surface area contributed by atoms with Crippen LogP contribution in [0.2, 0.25) is 0 Å². The number of aliphatic hydroxyl groups excluding tert-OH is 1. The number of pyridine rings is 1. The highest BCUT2D eigenvalue weighted by molar-refractivity contribution is 5.90. The normalized spacial score (nSPS) is 18.7. The SMILES string of the molecule is CCc1cccc(CNC[C@@H](O)[C@@H](Cc2cc(F)cc(F)c2)NC(=O)[C@@H]2CC(=O)N(C)[C@@H]2c2ccncc2)c1. The van der Waals surface area contributed by atoms with E-state index in [1.54, 1.807) is 36.5 Å². The zero-order valence-corrected chi connectivity index (χ0v) is 22.1. The molecule has 206 valence electrons. The number of aromatic nitrogens is 1. The molecule has 0 saturated carbocycles. The van der Waals surface area contributed by atoms with Crippen LogP contribution in [0.15, 0.2) is 67.0 Å². The lowest BCUT2D eigenvalue weighted by Crippen LogP contribution is -2.50. The second-order valence-electron chi connectivity index (χ2n) is 10.0. The first kappa shape index (κ1) is 28.3. The molecular formula is C30H34F2N4O3. The number of nitrogens with one attached hydrogen (secondary N) is 2. The Balaban J connectivity index is 1.50. The molecule has 3 N–H and O–H groups in total. The number of likely N-dealkylation sites (tertiary alicyclic amines) is 1. The van der Waals surface area contributed by atoms with E-state index < -0.39 is 41.6 Å². The molecule has 0 aliphatic carbocycles. The third-order valence-electron chi connectivity index (χ3n) is 7.22. The summed E-state index contributed by atoms with van der Waals surface area (Å²) in [6.07, 6.45) is 3.07. The molecule has 39 heavy (non-hydrogen) atoms. The number of hydrogen-bond acceptors (Lipinski definition) is 5. The van der Waals surface area contributed by atoms with Crippen molar-refractivity contribution in [2.24, 2.45) is 5.92 Å². The van der Waals surface area contributed by atoms with Crippen LogP contribution in [0.3, 0.4) is 0 Å². The van der Waals surface area contributed by atoms with Gasteiger partial charge < -0.3 is 20.6 Å². The van der Waals surface area contributed by atoms with Crippen LogP contribution in [0.25, 0.3) is 0 Å². The summed E-state index contributed by atoms with van der Waals surface area (Å²) in [5, 5.41) is 17.2. The fraction of sp³-hybridized carbons (Fsp3) is 0.367. The highest BCUT2D eigenvalue weighted by Gasteiger charge is 2.43. The summed E-state index contributed by atoms with van der Waals surface area (Å²) < 4.78 is 27.8. The zero-order chi connectivity index (χ0) is 27.9. The van der Waals surface area contributed by atoms with E-state index in [1.807, 2.05) is 18.2 Å². The van der Waals surface area contributed by atoms with Crippen LogP contribution in [-0.2, 0) is 29.0 Å². The molecule has 7 nitrogen and oxygen atoms in total. The molecule has 0 bridgehead atoms. The number of rotatable bonds is 11. The van der Waals surface area contributed by atoms with Gasteiger partial charge in [-0.3, -0.25) is 14.6 Å². The van der Waals surface area contributed by atoms with Crippen molar-refractivity contribution in [3.05, 3.63) is 101 Å². The van der Waals surface area contributed by atoms with Gasteiger partial charge in [-0.25, -0.2) is 8.78 Å². The minimum absolute atomic E-state index is 0.00498. The largest absolute Gasteiger partial charge is 0.390 e. The Labute approximate surface area is 227 Å². The summed E-state index contributed by atoms with van der Waals surface area (Å²) in [5.74, 6) is -2.75. The molecule has 2 amide bonds. The molecule has 0 spiro atoms. The van der Waals surface area contributed by atoms with Crippen molar-refractivity contribution < 1.29 is 23.5 Å². The van der Waals surface area contributed by atoms with Gasteiger partial charge in [-0.05, 0) is 59.4 Å². The average Bonchev–Trinajstić information content (AvgIpc) is 3.22. The van der Waals surface area contributed by atoms with Crippen LogP contribution < -0.4 is 10.6 Å². The molecule has 2 heterocycles. The molecule has 1 aliphatic heterocycles. The first-order valence-corrected chi connectivity index (χ1v) is 13.1. The molecule has 0 radical (unpaired) electrons. The highest BCUT2D eigenvalue weighted by Crippen LogP contribution is 2.37. The van der Waals surface area contributed by atoms with E-state index in [2.05, 4.69) is 28.6 Å². The molecule has 4 atom stereocenters. The molecule has 1 fully saturated rings. The van der Waals surface area contributed by atoms with Crippen LogP contribution in [0.5, 0.6) is 0 Å². The maximum absolute atomic E-state index is 13.9. The van der Waals surface area contributed by atoms with E-state index in [9.17, 15) is 23.5 Å². The first-order chi connectivity index (χ1) is 18.7. The van der Waals surface area contributed by atoms with Gasteiger partial charge in [0.1, 0.15) is 11.6 Å². The Hall–Kier alpha value is -3.69. The molecule has 0 unspecified atom stereocenters. The number of hydrogen-bond donors (Lipinski definition) is 3. The number of amides is 2. The number of halogens is 2. The van der Waals surface area contributed by atoms with Crippen LogP contribution >= 0.6 is 0 Å². The van der Waals surface area contributed by atoms with Gasteiger partial charge in [-0.1, -0.05) is 31.2 Å². The molecule has 9 heteroatoms. The molecule has 2 aromatic carbocycles. The van der Waals surface area contributed by atoms with E-state index in [0.29, 0.717) is 12.1 Å². The molecule has 4 rings (SSSR count). The Bertz CT molecular complexity index is 1270. The smallest absolute Gasteiger partial charge is 0.226 e. The van der Waals surface area contributed by atoms with Gasteiger partial charge in [0.2, 0.25) is 11.8 Å². The second kappa shape index (κ2) is 12.9. The monoisotopic (exact) mass is 536 g/mol. The molecule has 1 saturated heterocycles.